The molecule has 1 saturated carbocycles. The number of carbonyl (C=O) groups is 1. The number of ether oxygens (including phenoxy) is 1. The van der Waals surface area contributed by atoms with Crippen LogP contribution in [0.25, 0.3) is 0 Å². The summed E-state index contributed by atoms with van der Waals surface area (Å²) in [5, 5.41) is 0. The van der Waals surface area contributed by atoms with E-state index in [1.54, 1.807) is 0 Å². The van der Waals surface area contributed by atoms with Gasteiger partial charge in [0, 0.05) is 38.3 Å². The zero-order chi connectivity index (χ0) is 14.9. The zero-order valence-corrected chi connectivity index (χ0v) is 13.6. The van der Waals surface area contributed by atoms with Crippen molar-refractivity contribution >= 4 is 5.91 Å². The third-order valence-electron chi connectivity index (χ3n) is 5.84. The maximum atomic E-state index is 12.8. The van der Waals surface area contributed by atoms with E-state index >= 15 is 0 Å². The Morgan fingerprint density at radius 3 is 2.55 bits per heavy atom. The standard InChI is InChI=1S/C17H29N3O2/c21-17-16(6-8-20(17)14-4-5-14)19-7-2-1-3-15(19)13-18-9-11-22-12-10-18/h14-16H,1-13H2/t15-,16+/m0/s1. The number of morpholine rings is 1. The molecule has 5 nitrogen and oxygen atoms in total. The molecule has 0 radical (unpaired) electrons. The van der Waals surface area contributed by atoms with Gasteiger partial charge in [0.2, 0.25) is 5.91 Å². The molecular formula is C17H29N3O2. The van der Waals surface area contributed by atoms with Crippen molar-refractivity contribution in [3.63, 3.8) is 0 Å². The van der Waals surface area contributed by atoms with Crippen LogP contribution in [-0.2, 0) is 9.53 Å². The Balaban J connectivity index is 1.40. The predicted molar refractivity (Wildman–Crippen MR) is 84.7 cm³/mol. The molecule has 3 saturated heterocycles. The summed E-state index contributed by atoms with van der Waals surface area (Å²) < 4.78 is 5.46. The molecule has 1 aliphatic carbocycles. The van der Waals surface area contributed by atoms with E-state index in [0.717, 1.165) is 52.4 Å². The Hall–Kier alpha value is -0.650. The third kappa shape index (κ3) is 3.03. The molecule has 0 aromatic rings. The predicted octanol–water partition coefficient (Wildman–Crippen LogP) is 0.936. The van der Waals surface area contributed by atoms with Gasteiger partial charge in [-0.3, -0.25) is 14.6 Å². The molecule has 0 aromatic heterocycles. The van der Waals surface area contributed by atoms with Gasteiger partial charge in [0.25, 0.3) is 0 Å². The lowest BCUT2D eigenvalue weighted by molar-refractivity contribution is -0.134. The molecule has 0 aromatic carbocycles. The Kier molecular flexibility index (Phi) is 4.38. The summed E-state index contributed by atoms with van der Waals surface area (Å²) in [6.07, 6.45) is 7.34. The fraction of sp³-hybridized carbons (Fsp3) is 0.941. The van der Waals surface area contributed by atoms with Gasteiger partial charge in [-0.25, -0.2) is 0 Å². The summed E-state index contributed by atoms with van der Waals surface area (Å²) in [5.74, 6) is 0.427. The van der Waals surface area contributed by atoms with Crippen LogP contribution in [0.2, 0.25) is 0 Å². The van der Waals surface area contributed by atoms with Crippen LogP contribution in [0.5, 0.6) is 0 Å². The SMILES string of the molecule is O=C1[C@H](N2CCCC[C@H]2CN2CCOCC2)CCN1C1CC1. The van der Waals surface area contributed by atoms with Gasteiger partial charge in [0.1, 0.15) is 0 Å². The second kappa shape index (κ2) is 6.46. The normalized spacial score (nSPS) is 35.3. The van der Waals surface area contributed by atoms with Gasteiger partial charge in [0.15, 0.2) is 0 Å². The quantitative estimate of drug-likeness (QED) is 0.774. The fourth-order valence-electron chi connectivity index (χ4n) is 4.45. The van der Waals surface area contributed by atoms with E-state index in [4.69, 9.17) is 4.74 Å². The van der Waals surface area contributed by atoms with Crippen LogP contribution < -0.4 is 0 Å². The van der Waals surface area contributed by atoms with Crippen LogP contribution in [0.4, 0.5) is 0 Å². The second-order valence-corrected chi connectivity index (χ2v) is 7.37. The molecule has 5 heteroatoms. The van der Waals surface area contributed by atoms with Crippen molar-refractivity contribution in [2.75, 3.05) is 45.9 Å². The van der Waals surface area contributed by atoms with Crippen LogP contribution in [0.1, 0.15) is 38.5 Å². The summed E-state index contributed by atoms with van der Waals surface area (Å²) in [6.45, 7) is 7.07. The maximum absolute atomic E-state index is 12.8. The lowest BCUT2D eigenvalue weighted by Gasteiger charge is -2.42. The number of amides is 1. The van der Waals surface area contributed by atoms with E-state index in [-0.39, 0.29) is 6.04 Å². The van der Waals surface area contributed by atoms with Gasteiger partial charge in [-0.2, -0.15) is 0 Å². The van der Waals surface area contributed by atoms with Gasteiger partial charge >= 0.3 is 0 Å². The Bertz CT molecular complexity index is 407. The highest BCUT2D eigenvalue weighted by Gasteiger charge is 2.44. The van der Waals surface area contributed by atoms with Crippen molar-refractivity contribution in [1.82, 2.24) is 14.7 Å². The number of hydrogen-bond donors (Lipinski definition) is 0. The van der Waals surface area contributed by atoms with Gasteiger partial charge in [-0.15, -0.1) is 0 Å². The largest absolute Gasteiger partial charge is 0.379 e. The monoisotopic (exact) mass is 307 g/mol. The van der Waals surface area contributed by atoms with Crippen molar-refractivity contribution < 1.29 is 9.53 Å². The molecule has 3 heterocycles. The smallest absolute Gasteiger partial charge is 0.240 e. The molecule has 22 heavy (non-hydrogen) atoms. The number of likely N-dealkylation sites (tertiary alicyclic amines) is 2. The van der Waals surface area contributed by atoms with Gasteiger partial charge in [0.05, 0.1) is 19.3 Å². The molecule has 0 spiro atoms. The summed E-state index contributed by atoms with van der Waals surface area (Å²) in [6, 6.07) is 1.33. The van der Waals surface area contributed by atoms with Crippen LogP contribution in [0, 0.1) is 0 Å². The van der Waals surface area contributed by atoms with Gasteiger partial charge < -0.3 is 9.64 Å². The average Bonchev–Trinajstić information content (AvgIpc) is 3.32. The first-order chi connectivity index (χ1) is 10.8. The van der Waals surface area contributed by atoms with Crippen molar-refractivity contribution in [2.24, 2.45) is 0 Å². The van der Waals surface area contributed by atoms with Crippen molar-refractivity contribution in [3.05, 3.63) is 0 Å². The Morgan fingerprint density at radius 2 is 1.77 bits per heavy atom. The minimum atomic E-state index is 0.173. The molecule has 4 rings (SSSR count). The van der Waals surface area contributed by atoms with Crippen molar-refractivity contribution in [3.8, 4) is 0 Å². The number of hydrogen-bond acceptors (Lipinski definition) is 4. The molecular weight excluding hydrogens is 278 g/mol. The first kappa shape index (κ1) is 14.9. The first-order valence-corrected chi connectivity index (χ1v) is 9.19. The number of piperidine rings is 1. The summed E-state index contributed by atoms with van der Waals surface area (Å²) in [5.41, 5.74) is 0. The molecule has 4 fully saturated rings. The van der Waals surface area contributed by atoms with Crippen LogP contribution in [-0.4, -0.2) is 84.7 Å². The van der Waals surface area contributed by atoms with Gasteiger partial charge in [-0.1, -0.05) is 6.42 Å². The number of carbonyl (C=O) groups excluding carboxylic acids is 1. The van der Waals surface area contributed by atoms with Crippen molar-refractivity contribution in [2.45, 2.75) is 56.7 Å². The molecule has 0 N–H and O–H groups in total. The maximum Gasteiger partial charge on any atom is 0.240 e. The minimum Gasteiger partial charge on any atom is -0.379 e. The second-order valence-electron chi connectivity index (χ2n) is 7.37. The minimum absolute atomic E-state index is 0.173. The average molecular weight is 307 g/mol. The molecule has 0 bridgehead atoms. The van der Waals surface area contributed by atoms with E-state index < -0.39 is 0 Å². The van der Waals surface area contributed by atoms with Crippen molar-refractivity contribution in [1.29, 1.82) is 0 Å². The lowest BCUT2D eigenvalue weighted by Crippen LogP contribution is -2.54. The molecule has 4 aliphatic rings. The van der Waals surface area contributed by atoms with E-state index in [2.05, 4.69) is 14.7 Å². The van der Waals surface area contributed by atoms with Gasteiger partial charge in [-0.05, 0) is 38.6 Å². The third-order valence-corrected chi connectivity index (χ3v) is 5.84. The highest BCUT2D eigenvalue weighted by atomic mass is 16.5. The highest BCUT2D eigenvalue weighted by molar-refractivity contribution is 5.84. The molecule has 2 atom stereocenters. The number of nitrogens with zero attached hydrogens (tertiary/aromatic N) is 3. The van der Waals surface area contributed by atoms with Crippen LogP contribution in [0.15, 0.2) is 0 Å². The Labute approximate surface area is 133 Å². The molecule has 1 amide bonds. The zero-order valence-electron chi connectivity index (χ0n) is 13.6. The molecule has 0 unspecified atom stereocenters. The van der Waals surface area contributed by atoms with E-state index in [9.17, 15) is 4.79 Å². The first-order valence-electron chi connectivity index (χ1n) is 9.19. The van der Waals surface area contributed by atoms with Crippen LogP contribution in [0.3, 0.4) is 0 Å². The van der Waals surface area contributed by atoms with Crippen LogP contribution >= 0.6 is 0 Å². The summed E-state index contributed by atoms with van der Waals surface area (Å²) in [7, 11) is 0. The lowest BCUT2D eigenvalue weighted by atomic mass is 9.98. The number of rotatable bonds is 4. The van der Waals surface area contributed by atoms with E-state index in [1.165, 1.54) is 32.1 Å². The highest BCUT2D eigenvalue weighted by Crippen LogP contribution is 2.34. The molecule has 124 valence electrons. The topological polar surface area (TPSA) is 36.0 Å². The fourth-order valence-corrected chi connectivity index (χ4v) is 4.45. The Morgan fingerprint density at radius 1 is 0.955 bits per heavy atom. The molecule has 3 aliphatic heterocycles. The summed E-state index contributed by atoms with van der Waals surface area (Å²) >= 11 is 0. The summed E-state index contributed by atoms with van der Waals surface area (Å²) in [4.78, 5) is 20.0. The van der Waals surface area contributed by atoms with E-state index in [0.29, 0.717) is 18.0 Å². The van der Waals surface area contributed by atoms with E-state index in [1.807, 2.05) is 0 Å².